The van der Waals surface area contributed by atoms with Gasteiger partial charge in [-0.25, -0.2) is 0 Å². The van der Waals surface area contributed by atoms with Crippen LogP contribution in [-0.2, 0) is 4.74 Å². The van der Waals surface area contributed by atoms with Gasteiger partial charge in [-0.1, -0.05) is 29.8 Å². The first-order valence-electron chi connectivity index (χ1n) is 7.08. The highest BCUT2D eigenvalue weighted by molar-refractivity contribution is 5.27. The van der Waals surface area contributed by atoms with E-state index in [1.54, 1.807) is 7.11 Å². The Kier molecular flexibility index (Phi) is 5.21. The summed E-state index contributed by atoms with van der Waals surface area (Å²) in [6.07, 6.45) is 4.98. The van der Waals surface area contributed by atoms with Gasteiger partial charge in [0.15, 0.2) is 0 Å². The molecule has 1 saturated carbocycles. The van der Waals surface area contributed by atoms with Crippen molar-refractivity contribution in [1.29, 1.82) is 0 Å². The summed E-state index contributed by atoms with van der Waals surface area (Å²) < 4.78 is 5.05. The highest BCUT2D eigenvalue weighted by Gasteiger charge is 2.29. The Hall–Kier alpha value is -0.860. The summed E-state index contributed by atoms with van der Waals surface area (Å²) in [6, 6.07) is 9.69. The van der Waals surface area contributed by atoms with E-state index in [0.717, 1.165) is 31.5 Å². The average molecular weight is 247 g/mol. The predicted octanol–water partition coefficient (Wildman–Crippen LogP) is 3.26. The van der Waals surface area contributed by atoms with Crippen LogP contribution in [-0.4, -0.2) is 26.3 Å². The van der Waals surface area contributed by atoms with Gasteiger partial charge in [-0.2, -0.15) is 0 Å². The molecule has 0 saturated heterocycles. The van der Waals surface area contributed by atoms with Gasteiger partial charge in [0.1, 0.15) is 0 Å². The summed E-state index contributed by atoms with van der Waals surface area (Å²) in [6.45, 7) is 4.19. The molecule has 0 bridgehead atoms. The van der Waals surface area contributed by atoms with Gasteiger partial charge in [0.2, 0.25) is 0 Å². The molecule has 18 heavy (non-hydrogen) atoms. The molecular weight excluding hydrogens is 222 g/mol. The summed E-state index contributed by atoms with van der Waals surface area (Å²) in [5.74, 6) is 0.779. The van der Waals surface area contributed by atoms with Crippen molar-refractivity contribution in [2.45, 2.75) is 44.6 Å². The van der Waals surface area contributed by atoms with Crippen molar-refractivity contribution in [3.63, 3.8) is 0 Å². The van der Waals surface area contributed by atoms with E-state index < -0.39 is 0 Å². The van der Waals surface area contributed by atoms with Crippen LogP contribution < -0.4 is 5.32 Å². The maximum absolute atomic E-state index is 5.05. The van der Waals surface area contributed by atoms with Gasteiger partial charge in [0.25, 0.3) is 0 Å². The fourth-order valence-electron chi connectivity index (χ4n) is 2.66. The maximum atomic E-state index is 5.05. The van der Waals surface area contributed by atoms with Crippen molar-refractivity contribution in [2.24, 2.45) is 0 Å². The van der Waals surface area contributed by atoms with Crippen molar-refractivity contribution in [3.8, 4) is 0 Å². The Bertz CT molecular complexity index is 358. The molecule has 0 atom stereocenters. The molecule has 1 N–H and O–H groups in total. The van der Waals surface area contributed by atoms with Crippen LogP contribution in [0.1, 0.15) is 42.7 Å². The molecule has 2 nitrogen and oxygen atoms in total. The minimum atomic E-state index is 0.734. The molecule has 2 rings (SSSR count). The first-order valence-corrected chi connectivity index (χ1v) is 7.08. The van der Waals surface area contributed by atoms with Crippen molar-refractivity contribution in [2.75, 3.05) is 20.3 Å². The normalized spacial score (nSPS) is 22.8. The Morgan fingerprint density at radius 1 is 1.28 bits per heavy atom. The minimum Gasteiger partial charge on any atom is -0.385 e. The third-order valence-electron chi connectivity index (χ3n) is 3.86. The smallest absolute Gasteiger partial charge is 0.0462 e. The van der Waals surface area contributed by atoms with Crippen LogP contribution in [0.3, 0.4) is 0 Å². The van der Waals surface area contributed by atoms with Gasteiger partial charge in [-0.05, 0) is 50.6 Å². The largest absolute Gasteiger partial charge is 0.385 e. The molecule has 1 fully saturated rings. The second-order valence-electron chi connectivity index (χ2n) is 5.43. The van der Waals surface area contributed by atoms with Gasteiger partial charge in [0, 0.05) is 19.8 Å². The van der Waals surface area contributed by atoms with Gasteiger partial charge >= 0.3 is 0 Å². The van der Waals surface area contributed by atoms with Gasteiger partial charge < -0.3 is 10.1 Å². The number of hydrogen-bond acceptors (Lipinski definition) is 2. The molecule has 0 aromatic heterocycles. The number of nitrogens with one attached hydrogen (secondary N) is 1. The SMILES string of the molecule is COCCCCNC1CC(c2cccc(C)c2)C1. The van der Waals surface area contributed by atoms with Gasteiger partial charge in [0.05, 0.1) is 0 Å². The fourth-order valence-corrected chi connectivity index (χ4v) is 2.66. The number of unbranched alkanes of at least 4 members (excludes halogenated alkanes) is 1. The molecule has 1 aliphatic carbocycles. The summed E-state index contributed by atoms with van der Waals surface area (Å²) in [5, 5.41) is 3.64. The predicted molar refractivity (Wildman–Crippen MR) is 76.1 cm³/mol. The molecule has 0 amide bonds. The lowest BCUT2D eigenvalue weighted by Crippen LogP contribution is -2.40. The molecule has 1 aromatic carbocycles. The summed E-state index contributed by atoms with van der Waals surface area (Å²) in [7, 11) is 1.77. The first-order chi connectivity index (χ1) is 8.79. The van der Waals surface area contributed by atoms with E-state index in [4.69, 9.17) is 4.74 Å². The number of aryl methyl sites for hydroxylation is 1. The number of methoxy groups -OCH3 is 1. The topological polar surface area (TPSA) is 21.3 Å². The van der Waals surface area contributed by atoms with Crippen LogP contribution in [0.15, 0.2) is 24.3 Å². The van der Waals surface area contributed by atoms with E-state index >= 15 is 0 Å². The van der Waals surface area contributed by atoms with E-state index in [0.29, 0.717) is 0 Å². The Labute approximate surface area is 111 Å². The van der Waals surface area contributed by atoms with Crippen molar-refractivity contribution >= 4 is 0 Å². The fraction of sp³-hybridized carbons (Fsp3) is 0.625. The van der Waals surface area contributed by atoms with E-state index in [1.807, 2.05) is 0 Å². The zero-order valence-electron chi connectivity index (χ0n) is 11.6. The molecule has 1 aliphatic rings. The minimum absolute atomic E-state index is 0.734. The third-order valence-corrected chi connectivity index (χ3v) is 3.86. The number of benzene rings is 1. The van der Waals surface area contributed by atoms with Crippen LogP contribution in [0, 0.1) is 6.92 Å². The second-order valence-corrected chi connectivity index (χ2v) is 5.43. The number of rotatable bonds is 7. The molecule has 0 radical (unpaired) electrons. The summed E-state index contributed by atoms with van der Waals surface area (Å²) in [4.78, 5) is 0. The van der Waals surface area contributed by atoms with Crippen LogP contribution in [0.4, 0.5) is 0 Å². The lowest BCUT2D eigenvalue weighted by molar-refractivity contribution is 0.191. The van der Waals surface area contributed by atoms with Crippen LogP contribution in [0.25, 0.3) is 0 Å². The number of ether oxygens (including phenoxy) is 1. The third kappa shape index (κ3) is 3.82. The van der Waals surface area contributed by atoms with Crippen LogP contribution >= 0.6 is 0 Å². The molecule has 0 aliphatic heterocycles. The van der Waals surface area contributed by atoms with Gasteiger partial charge in [-0.3, -0.25) is 0 Å². The number of hydrogen-bond donors (Lipinski definition) is 1. The van der Waals surface area contributed by atoms with Crippen molar-refractivity contribution in [3.05, 3.63) is 35.4 Å². The highest BCUT2D eigenvalue weighted by Crippen LogP contribution is 2.36. The zero-order chi connectivity index (χ0) is 12.8. The molecule has 0 spiro atoms. The van der Waals surface area contributed by atoms with E-state index in [1.165, 1.54) is 30.4 Å². The lowest BCUT2D eigenvalue weighted by atomic mass is 9.75. The standard InChI is InChI=1S/C16H25NO/c1-13-6-5-7-14(10-13)15-11-16(12-15)17-8-3-4-9-18-2/h5-7,10,15-17H,3-4,8-9,11-12H2,1-2H3. The zero-order valence-corrected chi connectivity index (χ0v) is 11.6. The molecule has 0 heterocycles. The Morgan fingerprint density at radius 3 is 2.83 bits per heavy atom. The maximum Gasteiger partial charge on any atom is 0.0462 e. The first kappa shape index (κ1) is 13.6. The van der Waals surface area contributed by atoms with Crippen molar-refractivity contribution < 1.29 is 4.74 Å². The quantitative estimate of drug-likeness (QED) is 0.747. The van der Waals surface area contributed by atoms with Crippen molar-refractivity contribution in [1.82, 2.24) is 5.32 Å². The average Bonchev–Trinajstić information content (AvgIpc) is 2.31. The molecule has 0 unspecified atom stereocenters. The Balaban J connectivity index is 1.62. The summed E-state index contributed by atoms with van der Waals surface area (Å²) >= 11 is 0. The van der Waals surface area contributed by atoms with E-state index in [9.17, 15) is 0 Å². The molecular formula is C16H25NO. The molecule has 100 valence electrons. The molecule has 2 heteroatoms. The lowest BCUT2D eigenvalue weighted by Gasteiger charge is -2.36. The van der Waals surface area contributed by atoms with E-state index in [-0.39, 0.29) is 0 Å². The second kappa shape index (κ2) is 6.91. The van der Waals surface area contributed by atoms with E-state index in [2.05, 4.69) is 36.5 Å². The Morgan fingerprint density at radius 2 is 2.11 bits per heavy atom. The van der Waals surface area contributed by atoms with Crippen LogP contribution in [0.5, 0.6) is 0 Å². The highest BCUT2D eigenvalue weighted by atomic mass is 16.5. The molecule has 1 aromatic rings. The summed E-state index contributed by atoms with van der Waals surface area (Å²) in [5.41, 5.74) is 2.90. The van der Waals surface area contributed by atoms with Gasteiger partial charge in [-0.15, -0.1) is 0 Å². The monoisotopic (exact) mass is 247 g/mol. The van der Waals surface area contributed by atoms with Crippen LogP contribution in [0.2, 0.25) is 0 Å².